The fourth-order valence-electron chi connectivity index (χ4n) is 2.00. The highest BCUT2D eigenvalue weighted by atomic mass is 35.5. The molecule has 104 valence electrons. The number of carbonyl (C=O) groups is 1. The minimum atomic E-state index is -1.06. The number of hydrogen-bond acceptors (Lipinski definition) is 4. The zero-order valence-corrected chi connectivity index (χ0v) is 11.5. The number of rotatable bonds is 3. The van der Waals surface area contributed by atoms with E-state index in [9.17, 15) is 4.79 Å². The first-order valence-corrected chi connectivity index (χ1v) is 6.52. The molecule has 0 fully saturated rings. The van der Waals surface area contributed by atoms with E-state index < -0.39 is 5.97 Å². The van der Waals surface area contributed by atoms with Crippen LogP contribution >= 0.6 is 11.6 Å². The van der Waals surface area contributed by atoms with E-state index in [1.807, 2.05) is 24.3 Å². The lowest BCUT2D eigenvalue weighted by Gasteiger charge is -2.09. The Bertz CT molecular complexity index is 819. The molecule has 2 heterocycles. The van der Waals surface area contributed by atoms with Gasteiger partial charge < -0.3 is 10.4 Å². The third-order valence-electron chi connectivity index (χ3n) is 3.00. The first-order valence-electron chi connectivity index (χ1n) is 6.15. The molecule has 0 aliphatic rings. The molecule has 0 aliphatic carbocycles. The maximum atomic E-state index is 10.8. The van der Waals surface area contributed by atoms with Gasteiger partial charge in [-0.2, -0.15) is 0 Å². The molecule has 0 amide bonds. The molecule has 1 aromatic carbocycles. The number of nitrogens with one attached hydrogen (secondary N) is 1. The predicted molar refractivity (Wildman–Crippen MR) is 81.2 cm³/mol. The van der Waals surface area contributed by atoms with Crippen LogP contribution in [0.4, 0.5) is 11.5 Å². The number of pyridine rings is 2. The van der Waals surface area contributed by atoms with Gasteiger partial charge in [-0.25, -0.2) is 14.8 Å². The van der Waals surface area contributed by atoms with Crippen LogP contribution in [0, 0.1) is 0 Å². The molecule has 2 aromatic heterocycles. The van der Waals surface area contributed by atoms with Crippen molar-refractivity contribution in [2.45, 2.75) is 0 Å². The third-order valence-corrected chi connectivity index (χ3v) is 3.33. The average molecular weight is 300 g/mol. The fourth-order valence-corrected chi connectivity index (χ4v) is 2.24. The van der Waals surface area contributed by atoms with Crippen molar-refractivity contribution in [1.29, 1.82) is 0 Å². The van der Waals surface area contributed by atoms with Crippen LogP contribution in [0.2, 0.25) is 5.02 Å². The van der Waals surface area contributed by atoms with E-state index in [1.165, 1.54) is 12.3 Å². The van der Waals surface area contributed by atoms with Crippen LogP contribution < -0.4 is 5.32 Å². The normalized spacial score (nSPS) is 10.5. The zero-order chi connectivity index (χ0) is 14.8. The van der Waals surface area contributed by atoms with Gasteiger partial charge >= 0.3 is 5.97 Å². The largest absolute Gasteiger partial charge is 0.477 e. The lowest BCUT2D eigenvalue weighted by atomic mass is 10.1. The Kier molecular flexibility index (Phi) is 3.41. The predicted octanol–water partition coefficient (Wildman–Crippen LogP) is 3.73. The van der Waals surface area contributed by atoms with Crippen molar-refractivity contribution in [2.24, 2.45) is 0 Å². The molecule has 0 unspecified atom stereocenters. The van der Waals surface area contributed by atoms with Crippen molar-refractivity contribution in [2.75, 3.05) is 5.32 Å². The number of halogens is 1. The van der Waals surface area contributed by atoms with Gasteiger partial charge in [-0.15, -0.1) is 0 Å². The standard InChI is InChI=1S/C15H10ClN3O2/c16-12-3-1-2-11-10(12)6-7-17-14(11)19-9-4-5-13(15(20)21)18-8-9/h1-8H,(H,17,19)(H,20,21). The van der Waals surface area contributed by atoms with E-state index in [-0.39, 0.29) is 5.69 Å². The number of nitrogens with zero attached hydrogens (tertiary/aromatic N) is 2. The number of anilines is 2. The molecule has 0 aliphatic heterocycles. The van der Waals surface area contributed by atoms with E-state index >= 15 is 0 Å². The summed E-state index contributed by atoms with van der Waals surface area (Å²) >= 11 is 6.15. The Morgan fingerprint density at radius 2 is 1.95 bits per heavy atom. The summed E-state index contributed by atoms with van der Waals surface area (Å²) in [4.78, 5) is 18.9. The highest BCUT2D eigenvalue weighted by molar-refractivity contribution is 6.35. The number of aromatic carboxylic acids is 1. The molecule has 0 bridgehead atoms. The second-order valence-corrected chi connectivity index (χ2v) is 4.76. The van der Waals surface area contributed by atoms with Gasteiger partial charge in [0.2, 0.25) is 0 Å². The van der Waals surface area contributed by atoms with Gasteiger partial charge in [0.1, 0.15) is 11.5 Å². The van der Waals surface area contributed by atoms with Crippen LogP contribution in [0.15, 0.2) is 48.8 Å². The molecule has 3 aromatic rings. The van der Waals surface area contributed by atoms with Crippen molar-refractivity contribution in [3.05, 3.63) is 59.5 Å². The second kappa shape index (κ2) is 5.38. The Morgan fingerprint density at radius 1 is 1.10 bits per heavy atom. The minimum absolute atomic E-state index is 0.00512. The van der Waals surface area contributed by atoms with Crippen molar-refractivity contribution >= 4 is 39.8 Å². The van der Waals surface area contributed by atoms with E-state index in [0.29, 0.717) is 16.5 Å². The molecule has 0 saturated carbocycles. The van der Waals surface area contributed by atoms with Crippen LogP contribution in [0.25, 0.3) is 10.8 Å². The molecule has 0 saturated heterocycles. The Hall–Kier alpha value is -2.66. The van der Waals surface area contributed by atoms with Gasteiger partial charge in [0.25, 0.3) is 0 Å². The van der Waals surface area contributed by atoms with Gasteiger partial charge in [0.05, 0.1) is 11.9 Å². The number of carboxylic acid groups (broad SMARTS) is 1. The van der Waals surface area contributed by atoms with Crippen LogP contribution in [0.3, 0.4) is 0 Å². The number of hydrogen-bond donors (Lipinski definition) is 2. The van der Waals surface area contributed by atoms with E-state index in [2.05, 4.69) is 15.3 Å². The smallest absolute Gasteiger partial charge is 0.354 e. The van der Waals surface area contributed by atoms with Crippen molar-refractivity contribution < 1.29 is 9.90 Å². The Labute approximate surface area is 125 Å². The van der Waals surface area contributed by atoms with Gasteiger partial charge in [-0.3, -0.25) is 0 Å². The monoisotopic (exact) mass is 299 g/mol. The van der Waals surface area contributed by atoms with Crippen LogP contribution in [-0.4, -0.2) is 21.0 Å². The quantitative estimate of drug-likeness (QED) is 0.771. The number of benzene rings is 1. The summed E-state index contributed by atoms with van der Waals surface area (Å²) in [5.41, 5.74) is 0.648. The summed E-state index contributed by atoms with van der Waals surface area (Å²) < 4.78 is 0. The van der Waals surface area contributed by atoms with Gasteiger partial charge in [0.15, 0.2) is 0 Å². The molecule has 0 spiro atoms. The zero-order valence-electron chi connectivity index (χ0n) is 10.7. The maximum Gasteiger partial charge on any atom is 0.354 e. The maximum absolute atomic E-state index is 10.8. The topological polar surface area (TPSA) is 75.1 Å². The van der Waals surface area contributed by atoms with Gasteiger partial charge in [-0.1, -0.05) is 23.7 Å². The second-order valence-electron chi connectivity index (χ2n) is 4.36. The molecule has 0 atom stereocenters. The van der Waals surface area contributed by atoms with Crippen LogP contribution in [-0.2, 0) is 0 Å². The lowest BCUT2D eigenvalue weighted by molar-refractivity contribution is 0.0690. The summed E-state index contributed by atoms with van der Waals surface area (Å²) in [6.07, 6.45) is 3.12. The molecule has 3 rings (SSSR count). The molecule has 21 heavy (non-hydrogen) atoms. The number of fused-ring (bicyclic) bond motifs is 1. The molecular formula is C15H10ClN3O2. The highest BCUT2D eigenvalue weighted by Gasteiger charge is 2.07. The number of aromatic nitrogens is 2. The summed E-state index contributed by atoms with van der Waals surface area (Å²) in [6, 6.07) is 10.5. The molecular weight excluding hydrogens is 290 g/mol. The first kappa shape index (κ1) is 13.3. The highest BCUT2D eigenvalue weighted by Crippen LogP contribution is 2.28. The van der Waals surface area contributed by atoms with Crippen molar-refractivity contribution in [1.82, 2.24) is 9.97 Å². The first-order chi connectivity index (χ1) is 10.1. The molecule has 2 N–H and O–H groups in total. The summed E-state index contributed by atoms with van der Waals surface area (Å²) in [5.74, 6) is -0.420. The SMILES string of the molecule is O=C(O)c1ccc(Nc2nccc3c(Cl)cccc23)cn1. The van der Waals surface area contributed by atoms with Crippen LogP contribution in [0.1, 0.15) is 10.5 Å². The lowest BCUT2D eigenvalue weighted by Crippen LogP contribution is -2.01. The van der Waals surface area contributed by atoms with Crippen molar-refractivity contribution in [3.63, 3.8) is 0 Å². The minimum Gasteiger partial charge on any atom is -0.477 e. The summed E-state index contributed by atoms with van der Waals surface area (Å²) in [5, 5.41) is 14.4. The third kappa shape index (κ3) is 2.64. The van der Waals surface area contributed by atoms with Crippen LogP contribution in [0.5, 0.6) is 0 Å². The molecule has 6 heteroatoms. The van der Waals surface area contributed by atoms with E-state index in [4.69, 9.17) is 16.7 Å². The Balaban J connectivity index is 1.98. The van der Waals surface area contributed by atoms with Gasteiger partial charge in [0, 0.05) is 22.0 Å². The molecule has 5 nitrogen and oxygen atoms in total. The van der Waals surface area contributed by atoms with Gasteiger partial charge in [-0.05, 0) is 24.3 Å². The molecule has 0 radical (unpaired) electrons. The average Bonchev–Trinajstić information content (AvgIpc) is 2.49. The van der Waals surface area contributed by atoms with E-state index in [0.717, 1.165) is 10.8 Å². The fraction of sp³-hybridized carbons (Fsp3) is 0. The van der Waals surface area contributed by atoms with E-state index in [1.54, 1.807) is 12.3 Å². The summed E-state index contributed by atoms with van der Waals surface area (Å²) in [7, 11) is 0. The number of carboxylic acids is 1. The Morgan fingerprint density at radius 3 is 2.67 bits per heavy atom. The summed E-state index contributed by atoms with van der Waals surface area (Å²) in [6.45, 7) is 0. The van der Waals surface area contributed by atoms with Crippen molar-refractivity contribution in [3.8, 4) is 0 Å².